The largest absolute Gasteiger partial charge is 0.396 e. The predicted octanol–water partition coefficient (Wildman–Crippen LogP) is 3.32. The Morgan fingerprint density at radius 2 is 2.04 bits per heavy atom. The fourth-order valence-electron chi connectivity index (χ4n) is 3.10. The third-order valence-corrected chi connectivity index (χ3v) is 4.30. The minimum absolute atomic E-state index is 0.00344. The van der Waals surface area contributed by atoms with Crippen LogP contribution in [-0.2, 0) is 0 Å². The maximum atomic E-state index is 12.4. The van der Waals surface area contributed by atoms with Gasteiger partial charge in [0.2, 0.25) is 0 Å². The lowest BCUT2D eigenvalue weighted by Crippen LogP contribution is -2.43. The Morgan fingerprint density at radius 3 is 2.65 bits per heavy atom. The molecular weight excluding hydrogens is 288 g/mol. The SMILES string of the molecule is Cc1ccccc1C(CC(C)C)NC(=O)N[C@@H]1C=C[C@H](CO)C1. The fourth-order valence-corrected chi connectivity index (χ4v) is 3.10. The minimum Gasteiger partial charge on any atom is -0.396 e. The Bertz CT molecular complexity index is 554. The molecule has 126 valence electrons. The maximum Gasteiger partial charge on any atom is 0.315 e. The van der Waals surface area contributed by atoms with E-state index in [1.807, 2.05) is 24.3 Å². The van der Waals surface area contributed by atoms with Crippen molar-refractivity contribution >= 4 is 6.03 Å². The standard InChI is InChI=1S/C19H28N2O2/c1-13(2)10-18(17-7-5-4-6-14(17)3)21-19(23)20-16-9-8-15(11-16)12-22/h4-9,13,15-16,18,22H,10-12H2,1-3H3,(H2,20,21,23)/t15-,16+,18?/m0/s1. The number of carbonyl (C=O) groups excluding carboxylic acids is 1. The first kappa shape index (κ1) is 17.5. The highest BCUT2D eigenvalue weighted by molar-refractivity contribution is 5.75. The summed E-state index contributed by atoms with van der Waals surface area (Å²) < 4.78 is 0. The van der Waals surface area contributed by atoms with Crippen molar-refractivity contribution in [1.29, 1.82) is 0 Å². The molecule has 3 atom stereocenters. The lowest BCUT2D eigenvalue weighted by atomic mass is 9.94. The fraction of sp³-hybridized carbons (Fsp3) is 0.526. The Hall–Kier alpha value is -1.81. The first-order chi connectivity index (χ1) is 11.0. The molecule has 0 saturated heterocycles. The summed E-state index contributed by atoms with van der Waals surface area (Å²) in [7, 11) is 0. The molecule has 0 saturated carbocycles. The zero-order chi connectivity index (χ0) is 16.8. The third kappa shape index (κ3) is 5.10. The van der Waals surface area contributed by atoms with Gasteiger partial charge in [-0.15, -0.1) is 0 Å². The molecule has 0 aliphatic heterocycles. The van der Waals surface area contributed by atoms with Crippen LogP contribution in [0.1, 0.15) is 43.9 Å². The predicted molar refractivity (Wildman–Crippen MR) is 93.2 cm³/mol. The average molecular weight is 316 g/mol. The lowest BCUT2D eigenvalue weighted by Gasteiger charge is -2.24. The van der Waals surface area contributed by atoms with Gasteiger partial charge in [0.05, 0.1) is 6.04 Å². The first-order valence-electron chi connectivity index (χ1n) is 8.41. The number of aliphatic hydroxyl groups excluding tert-OH is 1. The van der Waals surface area contributed by atoms with Crippen LogP contribution >= 0.6 is 0 Å². The van der Waals surface area contributed by atoms with Crippen molar-refractivity contribution in [2.75, 3.05) is 6.61 Å². The number of hydrogen-bond acceptors (Lipinski definition) is 2. The number of nitrogens with one attached hydrogen (secondary N) is 2. The van der Waals surface area contributed by atoms with E-state index in [2.05, 4.69) is 43.5 Å². The van der Waals surface area contributed by atoms with Gasteiger partial charge in [-0.25, -0.2) is 4.79 Å². The normalized spacial score (nSPS) is 21.4. The average Bonchev–Trinajstić information content (AvgIpc) is 2.94. The van der Waals surface area contributed by atoms with E-state index >= 15 is 0 Å². The topological polar surface area (TPSA) is 61.4 Å². The molecule has 0 bridgehead atoms. The van der Waals surface area contributed by atoms with Gasteiger partial charge in [-0.2, -0.15) is 0 Å². The molecule has 1 aliphatic carbocycles. The molecule has 3 N–H and O–H groups in total. The summed E-state index contributed by atoms with van der Waals surface area (Å²) in [5.74, 6) is 0.646. The molecule has 23 heavy (non-hydrogen) atoms. The van der Waals surface area contributed by atoms with Crippen molar-refractivity contribution in [3.8, 4) is 0 Å². The monoisotopic (exact) mass is 316 g/mol. The van der Waals surface area contributed by atoms with Crippen molar-refractivity contribution in [2.24, 2.45) is 11.8 Å². The van der Waals surface area contributed by atoms with E-state index < -0.39 is 0 Å². The summed E-state index contributed by atoms with van der Waals surface area (Å²) in [4.78, 5) is 12.4. The second-order valence-electron chi connectivity index (χ2n) is 6.83. The van der Waals surface area contributed by atoms with Gasteiger partial charge in [-0.1, -0.05) is 50.3 Å². The summed E-state index contributed by atoms with van der Waals surface area (Å²) in [6, 6.07) is 8.06. The zero-order valence-electron chi connectivity index (χ0n) is 14.3. The number of aliphatic hydroxyl groups is 1. The highest BCUT2D eigenvalue weighted by Crippen LogP contribution is 2.24. The minimum atomic E-state index is -0.146. The summed E-state index contributed by atoms with van der Waals surface area (Å²) in [5.41, 5.74) is 2.37. The van der Waals surface area contributed by atoms with E-state index in [1.54, 1.807) is 0 Å². The van der Waals surface area contributed by atoms with Crippen molar-refractivity contribution < 1.29 is 9.90 Å². The van der Waals surface area contributed by atoms with Crippen molar-refractivity contribution in [3.05, 3.63) is 47.5 Å². The van der Waals surface area contributed by atoms with E-state index in [4.69, 9.17) is 5.11 Å². The van der Waals surface area contributed by atoms with E-state index in [9.17, 15) is 4.79 Å². The number of benzene rings is 1. The molecule has 1 aliphatic rings. The van der Waals surface area contributed by atoms with Crippen LogP contribution in [0, 0.1) is 18.8 Å². The molecule has 4 nitrogen and oxygen atoms in total. The molecule has 1 aromatic rings. The van der Waals surface area contributed by atoms with Gasteiger partial charge in [-0.3, -0.25) is 0 Å². The maximum absolute atomic E-state index is 12.4. The molecule has 2 rings (SSSR count). The van der Waals surface area contributed by atoms with Gasteiger partial charge < -0.3 is 15.7 Å². The molecule has 0 aromatic heterocycles. The molecule has 2 amide bonds. The molecule has 0 heterocycles. The van der Waals surface area contributed by atoms with Crippen LogP contribution in [0.25, 0.3) is 0 Å². The van der Waals surface area contributed by atoms with E-state index in [0.717, 1.165) is 12.8 Å². The van der Waals surface area contributed by atoms with Crippen LogP contribution in [0.4, 0.5) is 4.79 Å². The van der Waals surface area contributed by atoms with E-state index in [1.165, 1.54) is 11.1 Å². The second kappa shape index (κ2) is 8.16. The molecule has 0 spiro atoms. The van der Waals surface area contributed by atoms with Crippen molar-refractivity contribution in [2.45, 2.75) is 45.7 Å². The highest BCUT2D eigenvalue weighted by Gasteiger charge is 2.22. The van der Waals surface area contributed by atoms with Gasteiger partial charge in [0.1, 0.15) is 0 Å². The van der Waals surface area contributed by atoms with Gasteiger partial charge in [0.15, 0.2) is 0 Å². The zero-order valence-corrected chi connectivity index (χ0v) is 14.3. The quantitative estimate of drug-likeness (QED) is 0.705. The highest BCUT2D eigenvalue weighted by atomic mass is 16.3. The number of amides is 2. The number of hydrogen-bond donors (Lipinski definition) is 3. The Morgan fingerprint density at radius 1 is 1.30 bits per heavy atom. The van der Waals surface area contributed by atoms with Gasteiger partial charge in [0.25, 0.3) is 0 Å². The van der Waals surface area contributed by atoms with Crippen LogP contribution in [0.15, 0.2) is 36.4 Å². The van der Waals surface area contributed by atoms with Crippen LogP contribution in [-0.4, -0.2) is 23.8 Å². The van der Waals surface area contributed by atoms with Gasteiger partial charge >= 0.3 is 6.03 Å². The van der Waals surface area contributed by atoms with Gasteiger partial charge in [0, 0.05) is 18.6 Å². The molecule has 4 heteroatoms. The van der Waals surface area contributed by atoms with Crippen LogP contribution in [0.2, 0.25) is 0 Å². The molecule has 0 radical (unpaired) electrons. The smallest absolute Gasteiger partial charge is 0.315 e. The summed E-state index contributed by atoms with van der Waals surface area (Å²) in [6.07, 6.45) is 5.60. The van der Waals surface area contributed by atoms with Crippen LogP contribution in [0.5, 0.6) is 0 Å². The summed E-state index contributed by atoms with van der Waals surface area (Å²) in [5, 5.41) is 15.3. The molecule has 1 aromatic carbocycles. The Kier molecular flexibility index (Phi) is 6.22. The number of carbonyl (C=O) groups is 1. The van der Waals surface area contributed by atoms with Crippen LogP contribution < -0.4 is 10.6 Å². The van der Waals surface area contributed by atoms with Crippen molar-refractivity contribution in [3.63, 3.8) is 0 Å². The molecule has 1 unspecified atom stereocenters. The van der Waals surface area contributed by atoms with Crippen molar-refractivity contribution in [1.82, 2.24) is 10.6 Å². The number of aryl methyl sites for hydroxylation is 1. The number of urea groups is 1. The lowest BCUT2D eigenvalue weighted by molar-refractivity contribution is 0.227. The van der Waals surface area contributed by atoms with E-state index in [0.29, 0.717) is 5.92 Å². The number of rotatable bonds is 6. The summed E-state index contributed by atoms with van der Waals surface area (Å²) in [6.45, 7) is 6.54. The Balaban J connectivity index is 1.99. The van der Waals surface area contributed by atoms with E-state index in [-0.39, 0.29) is 30.6 Å². The Labute approximate surface area is 139 Å². The summed E-state index contributed by atoms with van der Waals surface area (Å²) >= 11 is 0. The molecular formula is C19H28N2O2. The molecule has 0 fully saturated rings. The third-order valence-electron chi connectivity index (χ3n) is 4.30. The first-order valence-corrected chi connectivity index (χ1v) is 8.41. The second-order valence-corrected chi connectivity index (χ2v) is 6.83. The van der Waals surface area contributed by atoms with Gasteiger partial charge in [-0.05, 0) is 36.8 Å². The van der Waals surface area contributed by atoms with Crippen LogP contribution in [0.3, 0.4) is 0 Å².